The molecule has 0 aliphatic rings. The molecule has 0 aliphatic carbocycles. The fraction of sp³-hybridized carbons (Fsp3) is 0.375. The van der Waals surface area contributed by atoms with Crippen LogP contribution in [-0.2, 0) is 0 Å². The summed E-state index contributed by atoms with van der Waals surface area (Å²) in [6, 6.07) is 6.34. The van der Waals surface area contributed by atoms with Crippen LogP contribution in [0.15, 0.2) is 28.9 Å². The van der Waals surface area contributed by atoms with Crippen LogP contribution in [0.4, 0.5) is 0 Å². The highest BCUT2D eigenvalue weighted by atomic mass is 16.3. The van der Waals surface area contributed by atoms with Gasteiger partial charge in [0.2, 0.25) is 0 Å². The fourth-order valence-corrected chi connectivity index (χ4v) is 2.56. The van der Waals surface area contributed by atoms with Crippen molar-refractivity contribution in [3.8, 4) is 0 Å². The number of rotatable bonds is 3. The second-order valence-corrected chi connectivity index (χ2v) is 4.91. The summed E-state index contributed by atoms with van der Waals surface area (Å²) in [5.74, 6) is 0.966. The van der Waals surface area contributed by atoms with E-state index in [-0.39, 0.29) is 6.04 Å². The minimum atomic E-state index is 0.124. The molecule has 0 saturated heterocycles. The van der Waals surface area contributed by atoms with Gasteiger partial charge >= 0.3 is 0 Å². The molecule has 0 amide bonds. The number of aryl methyl sites for hydroxylation is 2. The first-order valence-electron chi connectivity index (χ1n) is 6.34. The van der Waals surface area contributed by atoms with E-state index in [1.54, 1.807) is 6.26 Å². The third-order valence-corrected chi connectivity index (χ3v) is 3.83. The topological polar surface area (TPSA) is 25.2 Å². The zero-order valence-electron chi connectivity index (χ0n) is 11.8. The van der Waals surface area contributed by atoms with E-state index < -0.39 is 0 Å². The Kier molecular flexibility index (Phi) is 3.58. The molecule has 18 heavy (non-hydrogen) atoms. The fourth-order valence-electron chi connectivity index (χ4n) is 2.56. The van der Waals surface area contributed by atoms with Gasteiger partial charge in [-0.2, -0.15) is 0 Å². The van der Waals surface area contributed by atoms with E-state index >= 15 is 0 Å². The Labute approximate surface area is 109 Å². The number of hydrogen-bond acceptors (Lipinski definition) is 2. The second-order valence-electron chi connectivity index (χ2n) is 4.91. The molecule has 0 aliphatic heterocycles. The Morgan fingerprint density at radius 3 is 2.11 bits per heavy atom. The molecular weight excluding hydrogens is 222 g/mol. The van der Waals surface area contributed by atoms with Gasteiger partial charge in [0, 0.05) is 0 Å². The molecule has 1 N–H and O–H groups in total. The van der Waals surface area contributed by atoms with E-state index in [0.717, 1.165) is 5.76 Å². The van der Waals surface area contributed by atoms with Crippen LogP contribution in [0.25, 0.3) is 0 Å². The number of benzene rings is 1. The van der Waals surface area contributed by atoms with Gasteiger partial charge in [0.15, 0.2) is 0 Å². The predicted molar refractivity (Wildman–Crippen MR) is 75.0 cm³/mol. The Hall–Kier alpha value is -1.54. The van der Waals surface area contributed by atoms with Crippen molar-refractivity contribution in [1.29, 1.82) is 0 Å². The van der Waals surface area contributed by atoms with Crippen LogP contribution in [0.3, 0.4) is 0 Å². The van der Waals surface area contributed by atoms with Gasteiger partial charge < -0.3 is 9.73 Å². The Bertz CT molecular complexity index is 514. The highest BCUT2D eigenvalue weighted by Crippen LogP contribution is 2.31. The summed E-state index contributed by atoms with van der Waals surface area (Å²) in [5.41, 5.74) is 6.69. The SMILES string of the molecule is CNC(c1ccco1)c1c(C)c(C)cc(C)c1C. The van der Waals surface area contributed by atoms with E-state index in [9.17, 15) is 0 Å². The molecule has 1 heterocycles. The average Bonchev–Trinajstić information content (AvgIpc) is 2.85. The van der Waals surface area contributed by atoms with Gasteiger partial charge in [0.25, 0.3) is 0 Å². The van der Waals surface area contributed by atoms with E-state index in [1.807, 2.05) is 19.2 Å². The molecule has 1 aromatic carbocycles. The Balaban J connectivity index is 2.62. The largest absolute Gasteiger partial charge is 0.467 e. The average molecular weight is 243 g/mol. The third kappa shape index (κ3) is 2.08. The summed E-state index contributed by atoms with van der Waals surface area (Å²) in [6.45, 7) is 8.70. The minimum Gasteiger partial charge on any atom is -0.467 e. The smallest absolute Gasteiger partial charge is 0.125 e. The molecule has 0 bridgehead atoms. The van der Waals surface area contributed by atoms with Crippen molar-refractivity contribution in [2.75, 3.05) is 7.05 Å². The van der Waals surface area contributed by atoms with Gasteiger partial charge in [-0.05, 0) is 74.7 Å². The molecule has 2 nitrogen and oxygen atoms in total. The van der Waals surface area contributed by atoms with Crippen LogP contribution in [-0.4, -0.2) is 7.05 Å². The number of hydrogen-bond donors (Lipinski definition) is 1. The van der Waals surface area contributed by atoms with Gasteiger partial charge in [0.05, 0.1) is 12.3 Å². The predicted octanol–water partition coefficient (Wildman–Crippen LogP) is 3.82. The third-order valence-electron chi connectivity index (χ3n) is 3.83. The lowest BCUT2D eigenvalue weighted by molar-refractivity contribution is 0.461. The molecule has 2 heteroatoms. The zero-order chi connectivity index (χ0) is 13.3. The molecule has 96 valence electrons. The maximum Gasteiger partial charge on any atom is 0.125 e. The molecule has 1 unspecified atom stereocenters. The van der Waals surface area contributed by atoms with Crippen molar-refractivity contribution < 1.29 is 4.42 Å². The van der Waals surface area contributed by atoms with E-state index in [4.69, 9.17) is 4.42 Å². The lowest BCUT2D eigenvalue weighted by atomic mass is 9.89. The van der Waals surface area contributed by atoms with Gasteiger partial charge in [0.1, 0.15) is 5.76 Å². The Morgan fingerprint density at radius 1 is 1.06 bits per heavy atom. The summed E-state index contributed by atoms with van der Waals surface area (Å²) in [6.07, 6.45) is 1.73. The van der Waals surface area contributed by atoms with E-state index in [1.165, 1.54) is 27.8 Å². The van der Waals surface area contributed by atoms with Crippen LogP contribution in [0, 0.1) is 27.7 Å². The standard InChI is InChI=1S/C16H21NO/c1-10-9-11(2)13(4)15(12(10)3)16(17-5)14-7-6-8-18-14/h6-9,16-17H,1-5H3. The molecule has 0 radical (unpaired) electrons. The Morgan fingerprint density at radius 2 is 1.67 bits per heavy atom. The summed E-state index contributed by atoms with van der Waals surface area (Å²) in [7, 11) is 1.98. The van der Waals surface area contributed by atoms with Crippen LogP contribution >= 0.6 is 0 Å². The van der Waals surface area contributed by atoms with Gasteiger partial charge in [-0.15, -0.1) is 0 Å². The van der Waals surface area contributed by atoms with Crippen molar-refractivity contribution in [2.45, 2.75) is 33.7 Å². The van der Waals surface area contributed by atoms with E-state index in [0.29, 0.717) is 0 Å². The number of nitrogens with one attached hydrogen (secondary N) is 1. The zero-order valence-corrected chi connectivity index (χ0v) is 11.8. The summed E-state index contributed by atoms with van der Waals surface area (Å²) in [4.78, 5) is 0. The molecule has 1 atom stereocenters. The van der Waals surface area contributed by atoms with Crippen molar-refractivity contribution in [1.82, 2.24) is 5.32 Å². The molecule has 2 aromatic rings. The molecule has 2 rings (SSSR count). The van der Waals surface area contributed by atoms with Crippen LogP contribution in [0.5, 0.6) is 0 Å². The maximum atomic E-state index is 5.57. The number of furan rings is 1. The molecule has 0 fully saturated rings. The van der Waals surface area contributed by atoms with Crippen LogP contribution in [0.1, 0.15) is 39.6 Å². The van der Waals surface area contributed by atoms with E-state index in [2.05, 4.69) is 39.1 Å². The second kappa shape index (κ2) is 4.99. The quantitative estimate of drug-likeness (QED) is 0.886. The van der Waals surface area contributed by atoms with Gasteiger partial charge in [-0.3, -0.25) is 0 Å². The highest BCUT2D eigenvalue weighted by molar-refractivity contribution is 5.47. The van der Waals surface area contributed by atoms with Crippen molar-refractivity contribution in [2.24, 2.45) is 0 Å². The molecular formula is C16H21NO. The van der Waals surface area contributed by atoms with Crippen LogP contribution < -0.4 is 5.32 Å². The van der Waals surface area contributed by atoms with Gasteiger partial charge in [-0.1, -0.05) is 6.07 Å². The lowest BCUT2D eigenvalue weighted by Gasteiger charge is -2.22. The van der Waals surface area contributed by atoms with Crippen molar-refractivity contribution in [3.05, 3.63) is 58.0 Å². The summed E-state index contributed by atoms with van der Waals surface area (Å²) >= 11 is 0. The first-order valence-corrected chi connectivity index (χ1v) is 6.34. The minimum absolute atomic E-state index is 0.124. The summed E-state index contributed by atoms with van der Waals surface area (Å²) in [5, 5.41) is 3.36. The maximum absolute atomic E-state index is 5.57. The normalized spacial score (nSPS) is 12.7. The first-order chi connectivity index (χ1) is 8.56. The van der Waals surface area contributed by atoms with Crippen molar-refractivity contribution in [3.63, 3.8) is 0 Å². The van der Waals surface area contributed by atoms with Gasteiger partial charge in [-0.25, -0.2) is 0 Å². The summed E-state index contributed by atoms with van der Waals surface area (Å²) < 4.78 is 5.57. The monoisotopic (exact) mass is 243 g/mol. The molecule has 0 spiro atoms. The first kappa shape index (κ1) is 12.9. The lowest BCUT2D eigenvalue weighted by Crippen LogP contribution is -2.20. The molecule has 1 aromatic heterocycles. The van der Waals surface area contributed by atoms with Crippen LogP contribution in [0.2, 0.25) is 0 Å². The highest BCUT2D eigenvalue weighted by Gasteiger charge is 2.20. The van der Waals surface area contributed by atoms with Crippen molar-refractivity contribution >= 4 is 0 Å². The molecule has 0 saturated carbocycles.